The van der Waals surface area contributed by atoms with Crippen molar-refractivity contribution in [2.45, 2.75) is 6.10 Å². The molecular weight excluding hydrogens is 269 g/mol. The Morgan fingerprint density at radius 2 is 1.68 bits per heavy atom. The van der Waals surface area contributed by atoms with Crippen molar-refractivity contribution in [1.82, 2.24) is 0 Å². The minimum atomic E-state index is -1.30. The first-order chi connectivity index (χ1) is 9.06. The van der Waals surface area contributed by atoms with E-state index >= 15 is 0 Å². The molecular formula is C14H11ClFNO2. The van der Waals surface area contributed by atoms with E-state index in [1.54, 1.807) is 24.3 Å². The van der Waals surface area contributed by atoms with E-state index in [9.17, 15) is 14.3 Å². The molecule has 0 spiro atoms. The smallest absolute Gasteiger partial charge is 0.257 e. The van der Waals surface area contributed by atoms with E-state index in [1.807, 2.05) is 0 Å². The lowest BCUT2D eigenvalue weighted by atomic mass is 10.1. The number of hydrogen-bond donors (Lipinski definition) is 2. The maximum Gasteiger partial charge on any atom is 0.257 e. The van der Waals surface area contributed by atoms with Crippen LogP contribution in [0.15, 0.2) is 48.5 Å². The number of halogens is 2. The van der Waals surface area contributed by atoms with Crippen LogP contribution in [0.3, 0.4) is 0 Å². The van der Waals surface area contributed by atoms with Crippen molar-refractivity contribution in [3.63, 3.8) is 0 Å². The summed E-state index contributed by atoms with van der Waals surface area (Å²) in [7, 11) is 0. The summed E-state index contributed by atoms with van der Waals surface area (Å²) in [4.78, 5) is 11.8. The number of aliphatic hydroxyl groups is 1. The third-order valence-electron chi connectivity index (χ3n) is 2.55. The van der Waals surface area contributed by atoms with Gasteiger partial charge in [0.05, 0.1) is 0 Å². The molecule has 0 bridgehead atoms. The Kier molecular flexibility index (Phi) is 4.14. The van der Waals surface area contributed by atoms with Crippen LogP contribution in [-0.4, -0.2) is 11.0 Å². The topological polar surface area (TPSA) is 49.3 Å². The van der Waals surface area contributed by atoms with E-state index in [1.165, 1.54) is 24.3 Å². The summed E-state index contributed by atoms with van der Waals surface area (Å²) >= 11 is 5.72. The van der Waals surface area contributed by atoms with E-state index in [2.05, 4.69) is 5.32 Å². The Labute approximate surface area is 114 Å². The third-order valence-corrected chi connectivity index (χ3v) is 2.80. The van der Waals surface area contributed by atoms with E-state index in [0.717, 1.165) is 0 Å². The molecule has 1 unspecified atom stereocenters. The van der Waals surface area contributed by atoms with Crippen molar-refractivity contribution < 1.29 is 14.3 Å². The van der Waals surface area contributed by atoms with Gasteiger partial charge in [0, 0.05) is 10.7 Å². The van der Waals surface area contributed by atoms with Gasteiger partial charge in [-0.25, -0.2) is 4.39 Å². The first-order valence-electron chi connectivity index (χ1n) is 5.56. The van der Waals surface area contributed by atoms with Gasteiger partial charge in [-0.15, -0.1) is 0 Å². The number of rotatable bonds is 3. The van der Waals surface area contributed by atoms with Gasteiger partial charge in [0.1, 0.15) is 5.82 Å². The molecule has 3 nitrogen and oxygen atoms in total. The lowest BCUT2D eigenvalue weighted by Gasteiger charge is -2.11. The molecule has 2 aromatic carbocycles. The van der Waals surface area contributed by atoms with Crippen LogP contribution < -0.4 is 5.32 Å². The highest BCUT2D eigenvalue weighted by atomic mass is 35.5. The maximum atomic E-state index is 12.7. The van der Waals surface area contributed by atoms with Gasteiger partial charge in [0.25, 0.3) is 5.91 Å². The fourth-order valence-electron chi connectivity index (χ4n) is 1.54. The van der Waals surface area contributed by atoms with Gasteiger partial charge in [-0.3, -0.25) is 4.79 Å². The number of anilines is 1. The predicted molar refractivity (Wildman–Crippen MR) is 71.4 cm³/mol. The van der Waals surface area contributed by atoms with E-state index < -0.39 is 17.8 Å². The van der Waals surface area contributed by atoms with Crippen molar-refractivity contribution in [2.75, 3.05) is 5.32 Å². The molecule has 0 saturated carbocycles. The largest absolute Gasteiger partial charge is 0.378 e. The van der Waals surface area contributed by atoms with Gasteiger partial charge in [0.15, 0.2) is 6.10 Å². The van der Waals surface area contributed by atoms with Crippen LogP contribution in [-0.2, 0) is 4.79 Å². The lowest BCUT2D eigenvalue weighted by molar-refractivity contribution is -0.124. The fourth-order valence-corrected chi connectivity index (χ4v) is 1.67. The standard InChI is InChI=1S/C14H11ClFNO2/c15-10-3-1-9(2-4-10)13(18)14(19)17-12-7-5-11(16)6-8-12/h1-8,13,18H,(H,17,19). The Morgan fingerprint density at radius 3 is 2.26 bits per heavy atom. The van der Waals surface area contributed by atoms with Crippen LogP contribution >= 0.6 is 11.6 Å². The van der Waals surface area contributed by atoms with Gasteiger partial charge in [-0.05, 0) is 42.0 Å². The average molecular weight is 280 g/mol. The molecule has 0 fully saturated rings. The highest BCUT2D eigenvalue weighted by molar-refractivity contribution is 6.30. The molecule has 19 heavy (non-hydrogen) atoms. The highest BCUT2D eigenvalue weighted by Crippen LogP contribution is 2.18. The normalized spacial score (nSPS) is 11.9. The van der Waals surface area contributed by atoms with Crippen LogP contribution in [0.4, 0.5) is 10.1 Å². The molecule has 2 aromatic rings. The van der Waals surface area contributed by atoms with Gasteiger partial charge in [-0.2, -0.15) is 0 Å². The van der Waals surface area contributed by atoms with Gasteiger partial charge >= 0.3 is 0 Å². The third kappa shape index (κ3) is 3.53. The van der Waals surface area contributed by atoms with Crippen molar-refractivity contribution in [1.29, 1.82) is 0 Å². The average Bonchev–Trinajstić information content (AvgIpc) is 2.41. The maximum absolute atomic E-state index is 12.7. The highest BCUT2D eigenvalue weighted by Gasteiger charge is 2.17. The Balaban J connectivity index is 2.07. The van der Waals surface area contributed by atoms with E-state index in [0.29, 0.717) is 16.3 Å². The van der Waals surface area contributed by atoms with Crippen molar-refractivity contribution in [3.05, 3.63) is 64.9 Å². The zero-order chi connectivity index (χ0) is 13.8. The zero-order valence-electron chi connectivity index (χ0n) is 9.81. The minimum Gasteiger partial charge on any atom is -0.378 e. The SMILES string of the molecule is O=C(Nc1ccc(F)cc1)C(O)c1ccc(Cl)cc1. The monoisotopic (exact) mass is 279 g/mol. The summed E-state index contributed by atoms with van der Waals surface area (Å²) in [5, 5.41) is 12.9. The minimum absolute atomic E-state index is 0.392. The predicted octanol–water partition coefficient (Wildman–Crippen LogP) is 3.15. The number of amides is 1. The molecule has 1 amide bonds. The first kappa shape index (κ1) is 13.5. The van der Waals surface area contributed by atoms with E-state index in [4.69, 9.17) is 11.6 Å². The summed E-state index contributed by atoms with van der Waals surface area (Å²) in [5.74, 6) is -0.981. The molecule has 1 atom stereocenters. The van der Waals surface area contributed by atoms with Crippen LogP contribution in [0, 0.1) is 5.82 Å². The quantitative estimate of drug-likeness (QED) is 0.907. The summed E-state index contributed by atoms with van der Waals surface area (Å²) < 4.78 is 12.7. The van der Waals surface area contributed by atoms with Crippen molar-refractivity contribution in [3.8, 4) is 0 Å². The fraction of sp³-hybridized carbons (Fsp3) is 0.0714. The number of nitrogens with one attached hydrogen (secondary N) is 1. The number of carbonyl (C=O) groups is 1. The molecule has 98 valence electrons. The Morgan fingerprint density at radius 1 is 1.11 bits per heavy atom. The molecule has 0 aromatic heterocycles. The number of benzene rings is 2. The molecule has 0 aliphatic rings. The zero-order valence-corrected chi connectivity index (χ0v) is 10.6. The Hall–Kier alpha value is -1.91. The first-order valence-corrected chi connectivity index (χ1v) is 5.94. The second-order valence-electron chi connectivity index (χ2n) is 3.95. The molecule has 2 N–H and O–H groups in total. The van der Waals surface area contributed by atoms with Crippen molar-refractivity contribution >= 4 is 23.2 Å². The van der Waals surface area contributed by atoms with Crippen LogP contribution in [0.25, 0.3) is 0 Å². The molecule has 0 aliphatic carbocycles. The number of aliphatic hydroxyl groups excluding tert-OH is 1. The second-order valence-corrected chi connectivity index (χ2v) is 4.39. The molecule has 0 saturated heterocycles. The summed E-state index contributed by atoms with van der Waals surface area (Å²) in [6, 6.07) is 11.6. The van der Waals surface area contributed by atoms with Crippen LogP contribution in [0.5, 0.6) is 0 Å². The molecule has 0 heterocycles. The molecule has 2 rings (SSSR count). The van der Waals surface area contributed by atoms with Crippen molar-refractivity contribution in [2.24, 2.45) is 0 Å². The van der Waals surface area contributed by atoms with Gasteiger partial charge in [-0.1, -0.05) is 23.7 Å². The van der Waals surface area contributed by atoms with Gasteiger partial charge < -0.3 is 10.4 Å². The number of carbonyl (C=O) groups excluding carboxylic acids is 1. The van der Waals surface area contributed by atoms with E-state index in [-0.39, 0.29) is 0 Å². The summed E-state index contributed by atoms with van der Waals surface area (Å²) in [6.45, 7) is 0. The van der Waals surface area contributed by atoms with Crippen LogP contribution in [0.1, 0.15) is 11.7 Å². The molecule has 0 aliphatic heterocycles. The molecule has 5 heteroatoms. The Bertz CT molecular complexity index is 569. The summed E-state index contributed by atoms with van der Waals surface area (Å²) in [6.07, 6.45) is -1.30. The van der Waals surface area contributed by atoms with Crippen LogP contribution in [0.2, 0.25) is 5.02 Å². The lowest BCUT2D eigenvalue weighted by Crippen LogP contribution is -2.20. The second kappa shape index (κ2) is 5.82. The van der Waals surface area contributed by atoms with Gasteiger partial charge in [0.2, 0.25) is 0 Å². The number of hydrogen-bond acceptors (Lipinski definition) is 2. The summed E-state index contributed by atoms with van der Waals surface area (Å²) in [5.41, 5.74) is 0.850. The molecule has 0 radical (unpaired) electrons.